The monoisotopic (exact) mass is 555 g/mol. The molecule has 39 heavy (non-hydrogen) atoms. The summed E-state index contributed by atoms with van der Waals surface area (Å²) in [5.41, 5.74) is 0.473. The van der Waals surface area contributed by atoms with Crippen LogP contribution in [0.1, 0.15) is 33.3 Å². The van der Waals surface area contributed by atoms with Gasteiger partial charge in [-0.25, -0.2) is 12.8 Å². The maximum atomic E-state index is 14.6. The number of ether oxygens (including phenoxy) is 1. The number of benzene rings is 3. The smallest absolute Gasteiger partial charge is 0.264 e. The van der Waals surface area contributed by atoms with Crippen molar-refractivity contribution in [1.29, 1.82) is 0 Å². The Balaban J connectivity index is 2.00. The summed E-state index contributed by atoms with van der Waals surface area (Å²) in [6, 6.07) is 18.9. The average Bonchev–Trinajstić information content (AvgIpc) is 2.91. The number of nitrogens with one attached hydrogen (secondary N) is 1. The highest BCUT2D eigenvalue weighted by Crippen LogP contribution is 2.26. The minimum absolute atomic E-state index is 0.0335. The van der Waals surface area contributed by atoms with Gasteiger partial charge in [0.1, 0.15) is 24.2 Å². The summed E-state index contributed by atoms with van der Waals surface area (Å²) < 4.78 is 48.6. The Kier molecular flexibility index (Phi) is 10.1. The molecule has 3 rings (SSSR count). The van der Waals surface area contributed by atoms with Crippen LogP contribution >= 0.6 is 0 Å². The summed E-state index contributed by atoms with van der Waals surface area (Å²) in [6.45, 7) is 6.53. The highest BCUT2D eigenvalue weighted by Gasteiger charge is 2.33. The molecule has 0 spiro atoms. The van der Waals surface area contributed by atoms with E-state index in [1.165, 1.54) is 42.2 Å². The van der Waals surface area contributed by atoms with Gasteiger partial charge in [-0.1, -0.05) is 36.4 Å². The molecule has 1 N–H and O–H groups in total. The summed E-state index contributed by atoms with van der Waals surface area (Å²) in [5.74, 6) is -1.12. The van der Waals surface area contributed by atoms with Crippen molar-refractivity contribution in [2.24, 2.45) is 0 Å². The van der Waals surface area contributed by atoms with Crippen molar-refractivity contribution in [3.63, 3.8) is 0 Å². The number of hydrogen-bond acceptors (Lipinski definition) is 5. The second kappa shape index (κ2) is 13.2. The largest absolute Gasteiger partial charge is 0.494 e. The molecule has 0 aliphatic carbocycles. The second-order valence-corrected chi connectivity index (χ2v) is 11.1. The zero-order chi connectivity index (χ0) is 28.6. The van der Waals surface area contributed by atoms with Crippen LogP contribution in [-0.2, 0) is 26.2 Å². The van der Waals surface area contributed by atoms with Crippen LogP contribution in [-0.4, -0.2) is 50.4 Å². The van der Waals surface area contributed by atoms with E-state index in [0.717, 1.165) is 4.31 Å². The van der Waals surface area contributed by atoms with Crippen LogP contribution in [0.15, 0.2) is 83.8 Å². The maximum absolute atomic E-state index is 14.6. The van der Waals surface area contributed by atoms with Gasteiger partial charge in [0.15, 0.2) is 0 Å². The van der Waals surface area contributed by atoms with Crippen molar-refractivity contribution in [3.05, 3.63) is 90.2 Å². The van der Waals surface area contributed by atoms with Crippen LogP contribution in [0.4, 0.5) is 10.1 Å². The summed E-state index contributed by atoms with van der Waals surface area (Å²) in [7, 11) is -4.20. The first-order chi connectivity index (χ1) is 18.5. The number of carbonyl (C=O) groups excluding carboxylic acids is 2. The quantitative estimate of drug-likeness (QED) is 0.358. The first-order valence-corrected chi connectivity index (χ1v) is 14.1. The fraction of sp³-hybridized carbons (Fsp3) is 0.310. The first-order valence-electron chi connectivity index (χ1n) is 12.7. The summed E-state index contributed by atoms with van der Waals surface area (Å²) in [6.07, 6.45) is 0. The summed E-state index contributed by atoms with van der Waals surface area (Å²) in [4.78, 5) is 27.8. The molecular weight excluding hydrogens is 521 g/mol. The molecule has 0 bridgehead atoms. The molecule has 8 nitrogen and oxygen atoms in total. The van der Waals surface area contributed by atoms with Crippen molar-refractivity contribution < 1.29 is 27.1 Å². The van der Waals surface area contributed by atoms with E-state index in [1.54, 1.807) is 62.4 Å². The standard InChI is InChI=1S/C29H34FN3O5S/c1-5-38-25-15-17-26(18-16-25)39(36,37)33(24-12-7-6-8-13-24)20-28(34)32(22(4)29(35)31-21(2)3)19-23-11-9-10-14-27(23)30/h6-18,21-22H,5,19-20H2,1-4H3,(H,31,35)/t22-/m1/s1. The van der Waals surface area contributed by atoms with E-state index in [0.29, 0.717) is 12.4 Å². The van der Waals surface area contributed by atoms with Gasteiger partial charge in [-0.3, -0.25) is 13.9 Å². The van der Waals surface area contributed by atoms with Gasteiger partial charge in [-0.05, 0) is 70.2 Å². The molecule has 208 valence electrons. The van der Waals surface area contributed by atoms with Crippen molar-refractivity contribution in [3.8, 4) is 5.75 Å². The summed E-state index contributed by atoms with van der Waals surface area (Å²) in [5, 5.41) is 2.76. The lowest BCUT2D eigenvalue weighted by Gasteiger charge is -2.32. The number of hydrogen-bond donors (Lipinski definition) is 1. The molecule has 0 unspecified atom stereocenters. The highest BCUT2D eigenvalue weighted by atomic mass is 32.2. The topological polar surface area (TPSA) is 96.0 Å². The first kappa shape index (κ1) is 29.6. The number of carbonyl (C=O) groups is 2. The lowest BCUT2D eigenvalue weighted by atomic mass is 10.1. The molecule has 2 amide bonds. The molecule has 1 atom stereocenters. The Bertz CT molecular complexity index is 1370. The number of nitrogens with zero attached hydrogens (tertiary/aromatic N) is 2. The number of rotatable bonds is 12. The molecule has 0 radical (unpaired) electrons. The number of anilines is 1. The van der Waals surface area contributed by atoms with Crippen molar-refractivity contribution in [2.45, 2.75) is 51.2 Å². The molecule has 3 aromatic carbocycles. The van der Waals surface area contributed by atoms with Gasteiger partial charge in [0, 0.05) is 18.2 Å². The molecule has 3 aromatic rings. The van der Waals surface area contributed by atoms with Crippen LogP contribution in [0.2, 0.25) is 0 Å². The second-order valence-electron chi connectivity index (χ2n) is 9.20. The average molecular weight is 556 g/mol. The summed E-state index contributed by atoms with van der Waals surface area (Å²) >= 11 is 0. The molecule has 0 fully saturated rings. The fourth-order valence-electron chi connectivity index (χ4n) is 3.92. The van der Waals surface area contributed by atoms with E-state index in [1.807, 2.05) is 6.92 Å². The van der Waals surface area contributed by atoms with E-state index in [9.17, 15) is 22.4 Å². The zero-order valence-electron chi connectivity index (χ0n) is 22.5. The van der Waals surface area contributed by atoms with E-state index >= 15 is 0 Å². The van der Waals surface area contributed by atoms with Gasteiger partial charge in [0.25, 0.3) is 10.0 Å². The van der Waals surface area contributed by atoms with Gasteiger partial charge < -0.3 is 15.0 Å². The maximum Gasteiger partial charge on any atom is 0.264 e. The SMILES string of the molecule is CCOc1ccc(S(=O)(=O)N(CC(=O)N(Cc2ccccc2F)[C@H](C)C(=O)NC(C)C)c2ccccc2)cc1. The van der Waals surface area contributed by atoms with Crippen LogP contribution in [0.3, 0.4) is 0 Å². The minimum atomic E-state index is -4.20. The van der Waals surface area contributed by atoms with Crippen molar-refractivity contribution >= 4 is 27.5 Å². The van der Waals surface area contributed by atoms with Crippen LogP contribution < -0.4 is 14.4 Å². The third-order valence-electron chi connectivity index (χ3n) is 5.94. The number of amides is 2. The molecular formula is C29H34FN3O5S. The Hall–Kier alpha value is -3.92. The number of para-hydroxylation sites is 1. The predicted octanol–water partition coefficient (Wildman–Crippen LogP) is 4.36. The lowest BCUT2D eigenvalue weighted by Crippen LogP contribution is -2.52. The normalized spacial score (nSPS) is 12.1. The van der Waals surface area contributed by atoms with Crippen molar-refractivity contribution in [2.75, 3.05) is 17.5 Å². The molecule has 0 aromatic heterocycles. The van der Waals surface area contributed by atoms with Crippen molar-refractivity contribution in [1.82, 2.24) is 10.2 Å². The number of halogens is 1. The van der Waals surface area contributed by atoms with E-state index in [2.05, 4.69) is 5.32 Å². The lowest BCUT2D eigenvalue weighted by molar-refractivity contribution is -0.139. The van der Waals surface area contributed by atoms with Gasteiger partial charge in [-0.2, -0.15) is 0 Å². The van der Waals surface area contributed by atoms with E-state index < -0.39 is 40.2 Å². The van der Waals surface area contributed by atoms with Crippen LogP contribution in [0.5, 0.6) is 5.75 Å². The van der Waals surface area contributed by atoms with Crippen LogP contribution in [0.25, 0.3) is 0 Å². The minimum Gasteiger partial charge on any atom is -0.494 e. The zero-order valence-corrected chi connectivity index (χ0v) is 23.3. The van der Waals surface area contributed by atoms with E-state index in [4.69, 9.17) is 4.74 Å². The Labute approximate surface area is 229 Å². The van der Waals surface area contributed by atoms with Gasteiger partial charge >= 0.3 is 0 Å². The third-order valence-corrected chi connectivity index (χ3v) is 7.73. The molecule has 0 aliphatic rings. The molecule has 0 saturated carbocycles. The van der Waals surface area contributed by atoms with Crippen LogP contribution in [0, 0.1) is 5.82 Å². The van der Waals surface area contributed by atoms with E-state index in [-0.39, 0.29) is 28.7 Å². The predicted molar refractivity (Wildman–Crippen MR) is 148 cm³/mol. The molecule has 0 heterocycles. The van der Waals surface area contributed by atoms with Gasteiger partial charge in [0.05, 0.1) is 17.2 Å². The fourth-order valence-corrected chi connectivity index (χ4v) is 5.34. The Morgan fingerprint density at radius 2 is 1.54 bits per heavy atom. The third kappa shape index (κ3) is 7.57. The Morgan fingerprint density at radius 3 is 2.13 bits per heavy atom. The Morgan fingerprint density at radius 1 is 0.923 bits per heavy atom. The highest BCUT2D eigenvalue weighted by molar-refractivity contribution is 7.92. The molecule has 0 saturated heterocycles. The van der Waals surface area contributed by atoms with Gasteiger partial charge in [0.2, 0.25) is 11.8 Å². The molecule has 0 aliphatic heterocycles. The molecule has 10 heteroatoms. The van der Waals surface area contributed by atoms with Gasteiger partial charge in [-0.15, -0.1) is 0 Å². The number of sulfonamides is 1.